The highest BCUT2D eigenvalue weighted by atomic mass is 16.5. The van der Waals surface area contributed by atoms with E-state index in [0.717, 1.165) is 16.8 Å². The molecule has 29 heavy (non-hydrogen) atoms. The second kappa shape index (κ2) is 10.1. The quantitative estimate of drug-likeness (QED) is 0.680. The molecule has 0 aromatic heterocycles. The minimum Gasteiger partial charge on any atom is -0.484 e. The standard InChI is InChI=1S/C24H32N2O3/c1-7-26(6)24(28)18-10-8-11-19(14-18)29-15-22(27)25-23-20(16(2)3)12-9-13-21(23)17(4)5/h8-14,16-17H,7,15H2,1-6H3,(H,25,27). The molecule has 2 aromatic rings. The Kier molecular flexibility index (Phi) is 7.82. The molecule has 0 saturated heterocycles. The lowest BCUT2D eigenvalue weighted by atomic mass is 9.92. The summed E-state index contributed by atoms with van der Waals surface area (Å²) in [4.78, 5) is 26.5. The zero-order valence-corrected chi connectivity index (χ0v) is 18.3. The molecule has 0 radical (unpaired) electrons. The molecule has 0 aliphatic rings. The molecule has 0 bridgehead atoms. The van der Waals surface area contributed by atoms with Crippen LogP contribution < -0.4 is 10.1 Å². The van der Waals surface area contributed by atoms with Crippen LogP contribution in [0.3, 0.4) is 0 Å². The van der Waals surface area contributed by atoms with E-state index < -0.39 is 0 Å². The highest BCUT2D eigenvalue weighted by Gasteiger charge is 2.16. The SMILES string of the molecule is CCN(C)C(=O)c1cccc(OCC(=O)Nc2c(C(C)C)cccc2C(C)C)c1. The first-order valence-electron chi connectivity index (χ1n) is 10.2. The van der Waals surface area contributed by atoms with E-state index in [1.165, 1.54) is 0 Å². The van der Waals surface area contributed by atoms with Crippen LogP contribution in [0.1, 0.15) is 67.9 Å². The fraction of sp³-hybridized carbons (Fsp3) is 0.417. The third-order valence-electron chi connectivity index (χ3n) is 4.91. The number of carbonyl (C=O) groups excluding carboxylic acids is 2. The largest absolute Gasteiger partial charge is 0.484 e. The molecule has 2 aromatic carbocycles. The molecule has 2 amide bonds. The lowest BCUT2D eigenvalue weighted by Crippen LogP contribution is -2.26. The number of ether oxygens (including phenoxy) is 1. The van der Waals surface area contributed by atoms with Crippen molar-refractivity contribution in [3.05, 3.63) is 59.2 Å². The Hall–Kier alpha value is -2.82. The molecule has 2 rings (SSSR count). The van der Waals surface area contributed by atoms with E-state index in [4.69, 9.17) is 4.74 Å². The molecule has 0 aliphatic carbocycles. The summed E-state index contributed by atoms with van der Waals surface area (Å²) in [6.45, 7) is 10.9. The lowest BCUT2D eigenvalue weighted by Gasteiger charge is -2.20. The van der Waals surface area contributed by atoms with Crippen LogP contribution in [-0.2, 0) is 4.79 Å². The Balaban J connectivity index is 2.11. The number of carbonyl (C=O) groups is 2. The van der Waals surface area contributed by atoms with Gasteiger partial charge in [-0.1, -0.05) is 52.0 Å². The predicted molar refractivity (Wildman–Crippen MR) is 118 cm³/mol. The predicted octanol–water partition coefficient (Wildman–Crippen LogP) is 5.04. The number of amides is 2. The summed E-state index contributed by atoms with van der Waals surface area (Å²) in [5, 5.41) is 3.04. The molecule has 0 atom stereocenters. The van der Waals surface area contributed by atoms with E-state index in [2.05, 4.69) is 33.0 Å². The second-order valence-electron chi connectivity index (χ2n) is 7.80. The average Bonchev–Trinajstić information content (AvgIpc) is 2.71. The van der Waals surface area contributed by atoms with Crippen LogP contribution in [0.5, 0.6) is 5.75 Å². The van der Waals surface area contributed by atoms with Gasteiger partial charge >= 0.3 is 0 Å². The molecule has 0 aliphatic heterocycles. The van der Waals surface area contributed by atoms with E-state index in [1.54, 1.807) is 36.2 Å². The topological polar surface area (TPSA) is 58.6 Å². The Morgan fingerprint density at radius 2 is 1.59 bits per heavy atom. The van der Waals surface area contributed by atoms with Gasteiger partial charge in [0.15, 0.2) is 6.61 Å². The summed E-state index contributed by atoms with van der Waals surface area (Å²) < 4.78 is 5.66. The van der Waals surface area contributed by atoms with Crippen molar-refractivity contribution < 1.29 is 14.3 Å². The number of nitrogens with zero attached hydrogens (tertiary/aromatic N) is 1. The van der Waals surface area contributed by atoms with Crippen molar-refractivity contribution in [1.29, 1.82) is 0 Å². The number of hydrogen-bond donors (Lipinski definition) is 1. The van der Waals surface area contributed by atoms with Crippen molar-refractivity contribution in [2.75, 3.05) is 25.5 Å². The fourth-order valence-electron chi connectivity index (χ4n) is 3.10. The fourth-order valence-corrected chi connectivity index (χ4v) is 3.10. The van der Waals surface area contributed by atoms with Crippen molar-refractivity contribution in [3.63, 3.8) is 0 Å². The smallest absolute Gasteiger partial charge is 0.262 e. The van der Waals surface area contributed by atoms with Gasteiger partial charge in [-0.05, 0) is 48.1 Å². The van der Waals surface area contributed by atoms with Gasteiger partial charge in [-0.15, -0.1) is 0 Å². The van der Waals surface area contributed by atoms with Gasteiger partial charge in [-0.2, -0.15) is 0 Å². The van der Waals surface area contributed by atoms with E-state index in [0.29, 0.717) is 29.7 Å². The van der Waals surface area contributed by atoms with Gasteiger partial charge in [0.1, 0.15) is 5.75 Å². The van der Waals surface area contributed by atoms with Crippen LogP contribution in [0, 0.1) is 0 Å². The van der Waals surface area contributed by atoms with Crippen molar-refractivity contribution in [1.82, 2.24) is 4.90 Å². The molecule has 0 spiro atoms. The minimum atomic E-state index is -0.220. The first kappa shape index (κ1) is 22.5. The van der Waals surface area contributed by atoms with Gasteiger partial charge in [0.05, 0.1) is 0 Å². The van der Waals surface area contributed by atoms with Crippen LogP contribution >= 0.6 is 0 Å². The van der Waals surface area contributed by atoms with Crippen LogP contribution in [0.15, 0.2) is 42.5 Å². The third kappa shape index (κ3) is 5.83. The molecule has 0 saturated carbocycles. The molecule has 0 heterocycles. The number of nitrogens with one attached hydrogen (secondary N) is 1. The Bertz CT molecular complexity index is 833. The Morgan fingerprint density at radius 1 is 1.00 bits per heavy atom. The van der Waals surface area contributed by atoms with Gasteiger partial charge in [-0.25, -0.2) is 0 Å². The maximum absolute atomic E-state index is 12.6. The summed E-state index contributed by atoms with van der Waals surface area (Å²) in [7, 11) is 1.75. The van der Waals surface area contributed by atoms with Crippen molar-refractivity contribution in [3.8, 4) is 5.75 Å². The zero-order chi connectivity index (χ0) is 21.6. The summed E-state index contributed by atoms with van der Waals surface area (Å²) in [6, 6.07) is 13.1. The molecular weight excluding hydrogens is 364 g/mol. The first-order chi connectivity index (χ1) is 13.7. The molecule has 1 N–H and O–H groups in total. The highest BCUT2D eigenvalue weighted by molar-refractivity contribution is 5.95. The summed E-state index contributed by atoms with van der Waals surface area (Å²) in [5.74, 6) is 0.792. The van der Waals surface area contributed by atoms with Gasteiger partial charge in [0.2, 0.25) is 0 Å². The molecular formula is C24H32N2O3. The lowest BCUT2D eigenvalue weighted by molar-refractivity contribution is -0.118. The van der Waals surface area contributed by atoms with Gasteiger partial charge in [0, 0.05) is 24.8 Å². The van der Waals surface area contributed by atoms with Crippen molar-refractivity contribution >= 4 is 17.5 Å². The number of hydrogen-bond acceptors (Lipinski definition) is 3. The summed E-state index contributed by atoms with van der Waals surface area (Å²) >= 11 is 0. The van der Waals surface area contributed by atoms with Crippen molar-refractivity contribution in [2.45, 2.75) is 46.5 Å². The van der Waals surface area contributed by atoms with Crippen LogP contribution in [0.25, 0.3) is 0 Å². The average molecular weight is 397 g/mol. The zero-order valence-electron chi connectivity index (χ0n) is 18.3. The Labute approximate surface area is 174 Å². The number of anilines is 1. The minimum absolute atomic E-state index is 0.0742. The molecule has 5 heteroatoms. The van der Waals surface area contributed by atoms with E-state index in [9.17, 15) is 9.59 Å². The number of benzene rings is 2. The van der Waals surface area contributed by atoms with Gasteiger partial charge in [0.25, 0.3) is 11.8 Å². The van der Waals surface area contributed by atoms with E-state index in [-0.39, 0.29) is 18.4 Å². The monoisotopic (exact) mass is 396 g/mol. The molecule has 156 valence electrons. The van der Waals surface area contributed by atoms with Gasteiger partial charge < -0.3 is 15.0 Å². The van der Waals surface area contributed by atoms with Crippen LogP contribution in [0.4, 0.5) is 5.69 Å². The highest BCUT2D eigenvalue weighted by Crippen LogP contribution is 2.32. The normalized spacial score (nSPS) is 10.9. The Morgan fingerprint density at radius 3 is 2.14 bits per heavy atom. The molecule has 5 nitrogen and oxygen atoms in total. The second-order valence-corrected chi connectivity index (χ2v) is 7.80. The van der Waals surface area contributed by atoms with Crippen LogP contribution in [0.2, 0.25) is 0 Å². The third-order valence-corrected chi connectivity index (χ3v) is 4.91. The molecule has 0 unspecified atom stereocenters. The summed E-state index contributed by atoms with van der Waals surface area (Å²) in [6.07, 6.45) is 0. The summed E-state index contributed by atoms with van der Waals surface area (Å²) in [5.41, 5.74) is 3.64. The van der Waals surface area contributed by atoms with Crippen molar-refractivity contribution in [2.24, 2.45) is 0 Å². The number of para-hydroxylation sites is 1. The molecule has 0 fully saturated rings. The maximum Gasteiger partial charge on any atom is 0.262 e. The first-order valence-corrected chi connectivity index (χ1v) is 10.2. The van der Waals surface area contributed by atoms with E-state index in [1.807, 2.05) is 25.1 Å². The van der Waals surface area contributed by atoms with E-state index >= 15 is 0 Å². The number of rotatable bonds is 8. The van der Waals surface area contributed by atoms with Crippen LogP contribution in [-0.4, -0.2) is 36.9 Å². The van der Waals surface area contributed by atoms with Gasteiger partial charge in [-0.3, -0.25) is 9.59 Å². The maximum atomic E-state index is 12.6.